The summed E-state index contributed by atoms with van der Waals surface area (Å²) in [5.74, 6) is -0.473. The Morgan fingerprint density at radius 3 is 2.70 bits per heavy atom. The number of carbonyl (C=O) groups excluding carboxylic acids is 1. The Morgan fingerprint density at radius 2 is 2.05 bits per heavy atom. The van der Waals surface area contributed by atoms with Crippen molar-refractivity contribution >= 4 is 17.3 Å². The van der Waals surface area contributed by atoms with E-state index in [-0.39, 0.29) is 11.3 Å². The molecule has 1 heterocycles. The van der Waals surface area contributed by atoms with Gasteiger partial charge in [-0.05, 0) is 19.1 Å². The zero-order valence-corrected chi connectivity index (χ0v) is 10.6. The maximum Gasteiger partial charge on any atom is 0.276 e. The molecule has 2 rings (SSSR count). The van der Waals surface area contributed by atoms with Crippen LogP contribution >= 0.6 is 0 Å². The van der Waals surface area contributed by atoms with Gasteiger partial charge in [-0.15, -0.1) is 0 Å². The molecule has 1 amide bonds. The predicted octanol–water partition coefficient (Wildman–Crippen LogP) is 1.22. The van der Waals surface area contributed by atoms with Crippen LogP contribution in [0.5, 0.6) is 0 Å². The van der Waals surface area contributed by atoms with Crippen molar-refractivity contribution in [1.29, 1.82) is 0 Å². The van der Waals surface area contributed by atoms with E-state index in [9.17, 15) is 9.59 Å². The number of rotatable bonds is 3. The van der Waals surface area contributed by atoms with Crippen molar-refractivity contribution in [2.45, 2.75) is 6.92 Å². The van der Waals surface area contributed by atoms with Crippen LogP contribution in [0.25, 0.3) is 0 Å². The molecule has 1 aromatic heterocycles. The SMILES string of the molecule is C/C(=N/O)c1ccccc1NC(=O)c1ccc(=O)[nH]n1. The second-order valence-corrected chi connectivity index (χ2v) is 3.99. The molecule has 0 spiro atoms. The van der Waals surface area contributed by atoms with E-state index in [4.69, 9.17) is 5.21 Å². The molecular weight excluding hydrogens is 260 g/mol. The minimum Gasteiger partial charge on any atom is -0.411 e. The summed E-state index contributed by atoms with van der Waals surface area (Å²) >= 11 is 0. The fourth-order valence-corrected chi connectivity index (χ4v) is 1.62. The lowest BCUT2D eigenvalue weighted by atomic mass is 10.1. The van der Waals surface area contributed by atoms with Gasteiger partial charge in [0.15, 0.2) is 0 Å². The smallest absolute Gasteiger partial charge is 0.276 e. The molecule has 3 N–H and O–H groups in total. The number of nitrogens with zero attached hydrogens (tertiary/aromatic N) is 2. The standard InChI is InChI=1S/C13H12N4O3/c1-8(17-20)9-4-2-3-5-10(9)14-13(19)11-6-7-12(18)16-15-11/h2-7,20H,1H3,(H,14,19)(H,16,18)/b17-8-. The van der Waals surface area contributed by atoms with E-state index in [2.05, 4.69) is 20.7 Å². The van der Waals surface area contributed by atoms with Crippen molar-refractivity contribution in [2.24, 2.45) is 5.16 Å². The molecule has 0 atom stereocenters. The highest BCUT2D eigenvalue weighted by Crippen LogP contribution is 2.16. The van der Waals surface area contributed by atoms with Gasteiger partial charge in [-0.2, -0.15) is 5.10 Å². The highest BCUT2D eigenvalue weighted by Gasteiger charge is 2.11. The molecule has 2 aromatic rings. The van der Waals surface area contributed by atoms with E-state index in [0.29, 0.717) is 17.0 Å². The summed E-state index contributed by atoms with van der Waals surface area (Å²) in [7, 11) is 0. The zero-order valence-electron chi connectivity index (χ0n) is 10.6. The number of hydrogen-bond acceptors (Lipinski definition) is 5. The van der Waals surface area contributed by atoms with Crippen molar-refractivity contribution in [3.05, 3.63) is 58.0 Å². The van der Waals surface area contributed by atoms with Gasteiger partial charge in [-0.3, -0.25) is 9.59 Å². The van der Waals surface area contributed by atoms with Crippen LogP contribution < -0.4 is 10.9 Å². The van der Waals surface area contributed by atoms with Crippen LogP contribution in [0, 0.1) is 0 Å². The van der Waals surface area contributed by atoms with Gasteiger partial charge in [0.05, 0.1) is 11.4 Å². The highest BCUT2D eigenvalue weighted by molar-refractivity contribution is 6.09. The van der Waals surface area contributed by atoms with Gasteiger partial charge in [0, 0.05) is 11.6 Å². The Balaban J connectivity index is 2.28. The van der Waals surface area contributed by atoms with Crippen LogP contribution in [0.2, 0.25) is 0 Å². The van der Waals surface area contributed by atoms with Crippen LogP contribution in [0.4, 0.5) is 5.69 Å². The molecule has 0 radical (unpaired) electrons. The Morgan fingerprint density at radius 1 is 1.30 bits per heavy atom. The highest BCUT2D eigenvalue weighted by atomic mass is 16.4. The van der Waals surface area contributed by atoms with Crippen molar-refractivity contribution < 1.29 is 10.0 Å². The van der Waals surface area contributed by atoms with Gasteiger partial charge in [0.1, 0.15) is 5.69 Å². The minimum atomic E-state index is -0.473. The number of hydrogen-bond donors (Lipinski definition) is 3. The summed E-state index contributed by atoms with van der Waals surface area (Å²) < 4.78 is 0. The van der Waals surface area contributed by atoms with Crippen molar-refractivity contribution in [3.63, 3.8) is 0 Å². The topological polar surface area (TPSA) is 107 Å². The number of aromatic nitrogens is 2. The third-order valence-corrected chi connectivity index (χ3v) is 2.63. The van der Waals surface area contributed by atoms with Gasteiger partial charge in [-0.25, -0.2) is 5.10 Å². The van der Waals surface area contributed by atoms with E-state index in [1.54, 1.807) is 31.2 Å². The zero-order chi connectivity index (χ0) is 14.5. The number of benzene rings is 1. The number of aromatic amines is 1. The van der Waals surface area contributed by atoms with E-state index in [1.165, 1.54) is 12.1 Å². The molecule has 0 aliphatic heterocycles. The molecule has 1 aromatic carbocycles. The van der Waals surface area contributed by atoms with Gasteiger partial charge in [0.25, 0.3) is 11.5 Å². The number of nitrogens with one attached hydrogen (secondary N) is 2. The summed E-state index contributed by atoms with van der Waals surface area (Å²) in [6, 6.07) is 9.43. The Bertz CT molecular complexity index is 701. The van der Waals surface area contributed by atoms with Crippen LogP contribution in [0.3, 0.4) is 0 Å². The lowest BCUT2D eigenvalue weighted by molar-refractivity contribution is 0.102. The molecule has 0 unspecified atom stereocenters. The van der Waals surface area contributed by atoms with Crippen LogP contribution in [-0.4, -0.2) is 27.0 Å². The molecule has 20 heavy (non-hydrogen) atoms. The summed E-state index contributed by atoms with van der Waals surface area (Å²) in [6.45, 7) is 1.61. The van der Waals surface area contributed by atoms with Gasteiger partial charge in [0.2, 0.25) is 0 Å². The molecule has 0 fully saturated rings. The van der Waals surface area contributed by atoms with Gasteiger partial charge >= 0.3 is 0 Å². The number of amides is 1. The molecule has 102 valence electrons. The first kappa shape index (κ1) is 13.5. The second-order valence-electron chi connectivity index (χ2n) is 3.99. The molecule has 0 aliphatic carbocycles. The Labute approximate surface area is 114 Å². The minimum absolute atomic E-state index is 0.0815. The Kier molecular flexibility index (Phi) is 3.90. The van der Waals surface area contributed by atoms with Gasteiger partial charge in [-0.1, -0.05) is 23.4 Å². The lowest BCUT2D eigenvalue weighted by Crippen LogP contribution is -2.18. The monoisotopic (exact) mass is 272 g/mol. The predicted molar refractivity (Wildman–Crippen MR) is 73.3 cm³/mol. The number of anilines is 1. The molecule has 7 heteroatoms. The third kappa shape index (κ3) is 2.89. The summed E-state index contributed by atoms with van der Waals surface area (Å²) in [5.41, 5.74) is 1.15. The average molecular weight is 272 g/mol. The summed E-state index contributed by atoms with van der Waals surface area (Å²) in [5, 5.41) is 20.4. The maximum atomic E-state index is 12.0. The first-order chi connectivity index (χ1) is 9.61. The lowest BCUT2D eigenvalue weighted by Gasteiger charge is -2.09. The first-order valence-corrected chi connectivity index (χ1v) is 5.77. The Hall–Kier alpha value is -2.96. The summed E-state index contributed by atoms with van der Waals surface area (Å²) in [4.78, 5) is 22.9. The largest absolute Gasteiger partial charge is 0.411 e. The van der Waals surface area contributed by atoms with Crippen LogP contribution in [0.15, 0.2) is 46.3 Å². The van der Waals surface area contributed by atoms with Crippen LogP contribution in [0.1, 0.15) is 23.0 Å². The maximum absolute atomic E-state index is 12.0. The normalized spacial score (nSPS) is 11.2. The van der Waals surface area contributed by atoms with Gasteiger partial charge < -0.3 is 10.5 Å². The molecular formula is C13H12N4O3. The number of oxime groups is 1. The fourth-order valence-electron chi connectivity index (χ4n) is 1.62. The fraction of sp³-hybridized carbons (Fsp3) is 0.0769. The average Bonchev–Trinajstić information content (AvgIpc) is 2.47. The molecule has 0 bridgehead atoms. The third-order valence-electron chi connectivity index (χ3n) is 2.63. The molecule has 0 saturated carbocycles. The van der Waals surface area contributed by atoms with E-state index < -0.39 is 5.91 Å². The van der Waals surface area contributed by atoms with E-state index in [0.717, 1.165) is 0 Å². The van der Waals surface area contributed by atoms with E-state index >= 15 is 0 Å². The molecule has 0 aliphatic rings. The second kappa shape index (κ2) is 5.79. The van der Waals surface area contributed by atoms with Crippen molar-refractivity contribution in [2.75, 3.05) is 5.32 Å². The van der Waals surface area contributed by atoms with Crippen LogP contribution in [-0.2, 0) is 0 Å². The summed E-state index contributed by atoms with van der Waals surface area (Å²) in [6.07, 6.45) is 0. The van der Waals surface area contributed by atoms with E-state index in [1.807, 2.05) is 0 Å². The number of H-pyrrole nitrogens is 1. The quantitative estimate of drug-likeness (QED) is 0.443. The van der Waals surface area contributed by atoms with Crippen molar-refractivity contribution in [3.8, 4) is 0 Å². The van der Waals surface area contributed by atoms with Crippen molar-refractivity contribution in [1.82, 2.24) is 10.2 Å². The number of para-hydroxylation sites is 1. The molecule has 0 saturated heterocycles. The molecule has 7 nitrogen and oxygen atoms in total. The first-order valence-electron chi connectivity index (χ1n) is 5.77. The number of carbonyl (C=O) groups is 1.